The number of rotatable bonds is 5. The Hall–Kier alpha value is -2.11. The lowest BCUT2D eigenvalue weighted by Crippen LogP contribution is -2.30. The van der Waals surface area contributed by atoms with Crippen LogP contribution in [0.15, 0.2) is 12.7 Å². The molecule has 0 fully saturated rings. The van der Waals surface area contributed by atoms with E-state index in [4.69, 9.17) is 0 Å². The van der Waals surface area contributed by atoms with Crippen molar-refractivity contribution in [2.75, 3.05) is 6.54 Å². The largest absolute Gasteiger partial charge is 0.353 e. The van der Waals surface area contributed by atoms with Gasteiger partial charge >= 0.3 is 0 Å². The van der Waals surface area contributed by atoms with Crippen LogP contribution in [0.2, 0.25) is 0 Å². The standard InChI is InChI=1S/C14H21N5O/c1-10-12(3)18(8-16-10)6-5-15-14(20)7-19-9-17-11(2)13(19)4/h8-9H,5-7H2,1-4H3,(H,15,20). The van der Waals surface area contributed by atoms with Gasteiger partial charge in [0.2, 0.25) is 5.91 Å². The summed E-state index contributed by atoms with van der Waals surface area (Å²) in [4.78, 5) is 20.3. The van der Waals surface area contributed by atoms with Crippen LogP contribution in [0, 0.1) is 27.7 Å². The number of aryl methyl sites for hydroxylation is 2. The molecule has 0 aliphatic heterocycles. The zero-order chi connectivity index (χ0) is 14.7. The maximum atomic E-state index is 11.9. The summed E-state index contributed by atoms with van der Waals surface area (Å²) >= 11 is 0. The van der Waals surface area contributed by atoms with E-state index in [1.165, 1.54) is 0 Å². The molecule has 0 aliphatic carbocycles. The van der Waals surface area contributed by atoms with Gasteiger partial charge in [0.05, 0.1) is 24.0 Å². The highest BCUT2D eigenvalue weighted by Crippen LogP contribution is 2.04. The summed E-state index contributed by atoms with van der Waals surface area (Å²) in [5.74, 6) is -0.00000898. The van der Waals surface area contributed by atoms with E-state index in [0.29, 0.717) is 13.1 Å². The number of nitrogens with one attached hydrogen (secondary N) is 1. The summed E-state index contributed by atoms with van der Waals surface area (Å²) in [7, 11) is 0. The van der Waals surface area contributed by atoms with Gasteiger partial charge in [-0.15, -0.1) is 0 Å². The Balaban J connectivity index is 1.81. The Kier molecular flexibility index (Phi) is 4.22. The molecule has 1 N–H and O–H groups in total. The lowest BCUT2D eigenvalue weighted by Gasteiger charge is -2.09. The third-order valence-corrected chi connectivity index (χ3v) is 3.68. The van der Waals surface area contributed by atoms with Crippen molar-refractivity contribution in [3.05, 3.63) is 35.4 Å². The van der Waals surface area contributed by atoms with E-state index in [2.05, 4.69) is 15.3 Å². The molecule has 0 aliphatic rings. The third-order valence-electron chi connectivity index (χ3n) is 3.68. The molecule has 0 saturated heterocycles. The van der Waals surface area contributed by atoms with Crippen LogP contribution in [0.25, 0.3) is 0 Å². The molecule has 0 bridgehead atoms. The lowest BCUT2D eigenvalue weighted by molar-refractivity contribution is -0.121. The summed E-state index contributed by atoms with van der Waals surface area (Å²) in [6.45, 7) is 9.56. The normalized spacial score (nSPS) is 10.8. The van der Waals surface area contributed by atoms with Crippen LogP contribution in [0.5, 0.6) is 0 Å². The molecule has 0 unspecified atom stereocenters. The van der Waals surface area contributed by atoms with Crippen molar-refractivity contribution in [3.63, 3.8) is 0 Å². The molecule has 0 aromatic carbocycles. The van der Waals surface area contributed by atoms with E-state index in [1.54, 1.807) is 12.7 Å². The van der Waals surface area contributed by atoms with Gasteiger partial charge in [-0.25, -0.2) is 9.97 Å². The topological polar surface area (TPSA) is 64.7 Å². The van der Waals surface area contributed by atoms with Crippen molar-refractivity contribution >= 4 is 5.91 Å². The molecule has 1 amide bonds. The Morgan fingerprint density at radius 2 is 1.60 bits per heavy atom. The van der Waals surface area contributed by atoms with Gasteiger partial charge in [0.15, 0.2) is 0 Å². The van der Waals surface area contributed by atoms with E-state index in [-0.39, 0.29) is 5.91 Å². The molecule has 2 aromatic heterocycles. The fourth-order valence-electron chi connectivity index (χ4n) is 2.00. The van der Waals surface area contributed by atoms with E-state index < -0.39 is 0 Å². The number of hydrogen-bond acceptors (Lipinski definition) is 3. The lowest BCUT2D eigenvalue weighted by atomic mass is 10.3. The van der Waals surface area contributed by atoms with Crippen molar-refractivity contribution in [2.24, 2.45) is 0 Å². The fourth-order valence-corrected chi connectivity index (χ4v) is 2.00. The molecule has 2 aromatic rings. The smallest absolute Gasteiger partial charge is 0.240 e. The van der Waals surface area contributed by atoms with E-state index in [0.717, 1.165) is 29.3 Å². The quantitative estimate of drug-likeness (QED) is 0.889. The average molecular weight is 275 g/mol. The van der Waals surface area contributed by atoms with Crippen LogP contribution in [0.3, 0.4) is 0 Å². The minimum atomic E-state index is -0.00000898. The van der Waals surface area contributed by atoms with Crippen LogP contribution >= 0.6 is 0 Å². The van der Waals surface area contributed by atoms with E-state index in [1.807, 2.05) is 36.8 Å². The predicted molar refractivity (Wildman–Crippen MR) is 76.4 cm³/mol. The molecule has 6 heteroatoms. The molecular formula is C14H21N5O. The Morgan fingerprint density at radius 3 is 2.10 bits per heavy atom. The predicted octanol–water partition coefficient (Wildman–Crippen LogP) is 1.13. The summed E-state index contributed by atoms with van der Waals surface area (Å²) < 4.78 is 3.90. The molecule has 0 spiro atoms. The first-order valence-electron chi connectivity index (χ1n) is 6.72. The van der Waals surface area contributed by atoms with Gasteiger partial charge in [-0.1, -0.05) is 0 Å². The van der Waals surface area contributed by atoms with Gasteiger partial charge < -0.3 is 14.5 Å². The summed E-state index contributed by atoms with van der Waals surface area (Å²) in [6.07, 6.45) is 3.51. The second-order valence-electron chi connectivity index (χ2n) is 5.00. The van der Waals surface area contributed by atoms with Gasteiger partial charge in [-0.05, 0) is 27.7 Å². The monoisotopic (exact) mass is 275 g/mol. The molecule has 0 saturated carbocycles. The van der Waals surface area contributed by atoms with Crippen molar-refractivity contribution in [2.45, 2.75) is 40.8 Å². The minimum Gasteiger partial charge on any atom is -0.353 e. The Morgan fingerprint density at radius 1 is 1.05 bits per heavy atom. The highest BCUT2D eigenvalue weighted by molar-refractivity contribution is 5.75. The second-order valence-corrected chi connectivity index (χ2v) is 5.00. The number of nitrogens with zero attached hydrogens (tertiary/aromatic N) is 4. The maximum Gasteiger partial charge on any atom is 0.240 e. The van der Waals surface area contributed by atoms with Crippen molar-refractivity contribution in [1.82, 2.24) is 24.4 Å². The molecular weight excluding hydrogens is 254 g/mol. The van der Waals surface area contributed by atoms with Crippen LogP contribution in [0.4, 0.5) is 0 Å². The fraction of sp³-hybridized carbons (Fsp3) is 0.500. The summed E-state index contributed by atoms with van der Waals surface area (Å²) in [5.41, 5.74) is 4.16. The molecule has 2 rings (SSSR count). The second kappa shape index (κ2) is 5.90. The van der Waals surface area contributed by atoms with Crippen LogP contribution in [-0.2, 0) is 17.9 Å². The molecule has 2 heterocycles. The molecule has 108 valence electrons. The molecule has 0 atom stereocenters. The highest BCUT2D eigenvalue weighted by atomic mass is 16.1. The Labute approximate surface area is 118 Å². The van der Waals surface area contributed by atoms with Crippen molar-refractivity contribution < 1.29 is 4.79 Å². The number of carbonyl (C=O) groups is 1. The van der Waals surface area contributed by atoms with E-state index in [9.17, 15) is 4.79 Å². The highest BCUT2D eigenvalue weighted by Gasteiger charge is 2.07. The number of imidazole rings is 2. The number of amides is 1. The number of carbonyl (C=O) groups excluding carboxylic acids is 1. The maximum absolute atomic E-state index is 11.9. The van der Waals surface area contributed by atoms with Crippen LogP contribution in [0.1, 0.15) is 22.8 Å². The van der Waals surface area contributed by atoms with Crippen molar-refractivity contribution in [1.29, 1.82) is 0 Å². The molecule has 0 radical (unpaired) electrons. The van der Waals surface area contributed by atoms with Crippen molar-refractivity contribution in [3.8, 4) is 0 Å². The first-order valence-corrected chi connectivity index (χ1v) is 6.72. The average Bonchev–Trinajstić information content (AvgIpc) is 2.89. The summed E-state index contributed by atoms with van der Waals surface area (Å²) in [6, 6.07) is 0. The first-order chi connectivity index (χ1) is 9.49. The summed E-state index contributed by atoms with van der Waals surface area (Å²) in [5, 5.41) is 2.92. The molecule has 6 nitrogen and oxygen atoms in total. The van der Waals surface area contributed by atoms with Gasteiger partial charge in [0, 0.05) is 24.5 Å². The minimum absolute atomic E-state index is 0.00000898. The van der Waals surface area contributed by atoms with Crippen LogP contribution in [-0.4, -0.2) is 31.6 Å². The Bertz CT molecular complexity index is 611. The van der Waals surface area contributed by atoms with Gasteiger partial charge in [0.25, 0.3) is 0 Å². The van der Waals surface area contributed by atoms with Gasteiger partial charge in [0.1, 0.15) is 6.54 Å². The third kappa shape index (κ3) is 3.07. The number of hydrogen-bond donors (Lipinski definition) is 1. The molecule has 20 heavy (non-hydrogen) atoms. The van der Waals surface area contributed by atoms with Gasteiger partial charge in [-0.2, -0.15) is 0 Å². The first kappa shape index (κ1) is 14.3. The zero-order valence-electron chi connectivity index (χ0n) is 12.5. The van der Waals surface area contributed by atoms with Crippen LogP contribution < -0.4 is 5.32 Å². The van der Waals surface area contributed by atoms with Gasteiger partial charge in [-0.3, -0.25) is 4.79 Å². The SMILES string of the molecule is Cc1ncn(CCNC(=O)Cn2cnc(C)c2C)c1C. The van der Waals surface area contributed by atoms with E-state index >= 15 is 0 Å². The zero-order valence-corrected chi connectivity index (χ0v) is 12.5. The number of aromatic nitrogens is 4.